The number of fused-ring (bicyclic) bond motifs is 1. The van der Waals surface area contributed by atoms with Gasteiger partial charge in [-0.15, -0.1) is 0 Å². The van der Waals surface area contributed by atoms with Crippen LogP contribution < -0.4 is 4.72 Å². The number of benzene rings is 2. The highest BCUT2D eigenvalue weighted by Gasteiger charge is 2.31. The van der Waals surface area contributed by atoms with Gasteiger partial charge in [0.25, 0.3) is 10.0 Å². The Balaban J connectivity index is 1.42. The lowest BCUT2D eigenvalue weighted by atomic mass is 10.2. The first kappa shape index (κ1) is 22.4. The predicted octanol–water partition coefficient (Wildman–Crippen LogP) is 0.787. The minimum Gasteiger partial charge on any atom is -0.340 e. The van der Waals surface area contributed by atoms with Crippen molar-refractivity contribution in [2.75, 3.05) is 32.7 Å². The van der Waals surface area contributed by atoms with Gasteiger partial charge in [0.15, 0.2) is 0 Å². The van der Waals surface area contributed by atoms with E-state index in [1.54, 1.807) is 18.2 Å². The van der Waals surface area contributed by atoms with Crippen molar-refractivity contribution in [2.45, 2.75) is 16.2 Å². The van der Waals surface area contributed by atoms with Gasteiger partial charge in [-0.25, -0.2) is 21.2 Å². The lowest BCUT2D eigenvalue weighted by molar-refractivity contribution is -0.129. The number of nitrogens with zero attached hydrogens (tertiary/aromatic N) is 3. The molecule has 1 N–H and O–H groups in total. The van der Waals surface area contributed by atoms with Gasteiger partial charge in [-0.1, -0.05) is 12.1 Å². The molecule has 2 aromatic rings. The second-order valence-corrected chi connectivity index (χ2v) is 10.9. The molecule has 1 amide bonds. The van der Waals surface area contributed by atoms with Gasteiger partial charge < -0.3 is 4.90 Å². The van der Waals surface area contributed by atoms with Crippen LogP contribution in [0.25, 0.3) is 0 Å². The summed E-state index contributed by atoms with van der Waals surface area (Å²) in [6.45, 7) is 0.577. The molecule has 0 atom stereocenters. The molecule has 2 aliphatic heterocycles. The van der Waals surface area contributed by atoms with Gasteiger partial charge in [0, 0.05) is 31.7 Å². The first-order valence-corrected chi connectivity index (χ1v) is 12.8. The second kappa shape index (κ2) is 8.60. The van der Waals surface area contributed by atoms with Gasteiger partial charge in [0.2, 0.25) is 15.9 Å². The summed E-state index contributed by atoms with van der Waals surface area (Å²) in [6, 6.07) is 11.0. The maximum absolute atomic E-state index is 13.1. The van der Waals surface area contributed by atoms with Gasteiger partial charge in [-0.3, -0.25) is 14.5 Å². The Bertz CT molecular complexity index is 1280. The average Bonchev–Trinajstić information content (AvgIpc) is 2.91. The molecule has 9 nitrogen and oxygen atoms in total. The number of rotatable bonds is 4. The minimum atomic E-state index is -3.80. The molecule has 12 heteroatoms. The third-order valence-electron chi connectivity index (χ3n) is 5.29. The summed E-state index contributed by atoms with van der Waals surface area (Å²) in [7, 11) is -7.49. The van der Waals surface area contributed by atoms with E-state index in [-0.39, 0.29) is 47.7 Å². The molecule has 32 heavy (non-hydrogen) atoms. The van der Waals surface area contributed by atoms with Gasteiger partial charge >= 0.3 is 0 Å². The molecule has 0 spiro atoms. The number of halogens is 1. The number of hydrogen-bond acceptors (Lipinski definition) is 6. The third kappa shape index (κ3) is 4.38. The molecule has 0 saturated carbocycles. The monoisotopic (exact) mass is 480 g/mol. The molecule has 1 fully saturated rings. The van der Waals surface area contributed by atoms with Crippen molar-refractivity contribution >= 4 is 31.8 Å². The average molecular weight is 481 g/mol. The number of amidine groups is 1. The molecule has 0 aliphatic carbocycles. The first-order chi connectivity index (χ1) is 15.2. The van der Waals surface area contributed by atoms with Gasteiger partial charge in [-0.05, 0) is 42.8 Å². The Hall–Kier alpha value is -2.83. The fraction of sp³-hybridized carbons (Fsp3) is 0.300. The Labute approximate surface area is 185 Å². The highest BCUT2D eigenvalue weighted by Crippen LogP contribution is 2.22. The molecule has 0 unspecified atom stereocenters. The second-order valence-electron chi connectivity index (χ2n) is 7.36. The summed E-state index contributed by atoms with van der Waals surface area (Å²) < 4.78 is 66.7. The summed E-state index contributed by atoms with van der Waals surface area (Å²) in [6.07, 6.45) is 0.429. The third-order valence-corrected chi connectivity index (χ3v) is 8.60. The van der Waals surface area contributed by atoms with Crippen LogP contribution in [0.15, 0.2) is 63.3 Å². The SMILES string of the molecule is O=C(CN=C1NS(=O)(=O)c2ccccc21)N1CCCN(S(=O)(=O)c2ccc(F)cc2)CC1. The molecule has 0 radical (unpaired) electrons. The smallest absolute Gasteiger partial charge is 0.263 e. The molecule has 0 bridgehead atoms. The lowest BCUT2D eigenvalue weighted by Crippen LogP contribution is -2.38. The van der Waals surface area contributed by atoms with Gasteiger partial charge in [-0.2, -0.15) is 4.31 Å². The van der Waals surface area contributed by atoms with Crippen LogP contribution in [0.4, 0.5) is 4.39 Å². The molecule has 4 rings (SSSR count). The molecule has 1 saturated heterocycles. The number of aliphatic imine (C=N–C) groups is 1. The summed E-state index contributed by atoms with van der Waals surface area (Å²) >= 11 is 0. The normalized spacial score (nSPS) is 19.9. The van der Waals surface area contributed by atoms with Crippen molar-refractivity contribution in [3.63, 3.8) is 0 Å². The topological polar surface area (TPSA) is 116 Å². The quantitative estimate of drug-likeness (QED) is 0.695. The number of carbonyl (C=O) groups is 1. The number of carbonyl (C=O) groups excluding carboxylic acids is 1. The fourth-order valence-electron chi connectivity index (χ4n) is 3.64. The zero-order valence-corrected chi connectivity index (χ0v) is 18.6. The van der Waals surface area contributed by atoms with Crippen LogP contribution in [0.3, 0.4) is 0 Å². The summed E-state index contributed by atoms with van der Waals surface area (Å²) in [5.74, 6) is -0.739. The number of hydrogen-bond donors (Lipinski definition) is 1. The maximum atomic E-state index is 13.1. The van der Waals surface area contributed by atoms with Gasteiger partial charge in [0.1, 0.15) is 18.2 Å². The molecule has 2 aliphatic rings. The van der Waals surface area contributed by atoms with Crippen molar-refractivity contribution in [3.8, 4) is 0 Å². The Morgan fingerprint density at radius 3 is 2.50 bits per heavy atom. The fourth-order valence-corrected chi connectivity index (χ4v) is 6.36. The number of amides is 1. The van der Waals surface area contributed by atoms with Crippen molar-refractivity contribution in [1.29, 1.82) is 0 Å². The zero-order valence-electron chi connectivity index (χ0n) is 16.9. The van der Waals surface area contributed by atoms with Crippen molar-refractivity contribution in [3.05, 3.63) is 59.9 Å². The van der Waals surface area contributed by atoms with E-state index in [1.165, 1.54) is 27.4 Å². The molecule has 170 valence electrons. The van der Waals surface area contributed by atoms with E-state index in [9.17, 15) is 26.0 Å². The van der Waals surface area contributed by atoms with Crippen LogP contribution in [-0.4, -0.2) is 70.5 Å². The van der Waals surface area contributed by atoms with E-state index in [0.717, 1.165) is 12.1 Å². The molecule has 0 aromatic heterocycles. The maximum Gasteiger partial charge on any atom is 0.263 e. The van der Waals surface area contributed by atoms with Crippen LogP contribution in [0.2, 0.25) is 0 Å². The number of sulfonamides is 2. The van der Waals surface area contributed by atoms with E-state index in [0.29, 0.717) is 18.5 Å². The van der Waals surface area contributed by atoms with E-state index in [1.807, 2.05) is 0 Å². The Kier molecular flexibility index (Phi) is 6.01. The lowest BCUT2D eigenvalue weighted by Gasteiger charge is -2.21. The molecule has 2 aromatic carbocycles. The van der Waals surface area contributed by atoms with Crippen LogP contribution in [0.1, 0.15) is 12.0 Å². The Morgan fingerprint density at radius 1 is 1.03 bits per heavy atom. The molecule has 2 heterocycles. The molecular formula is C20H21FN4O5S2. The largest absolute Gasteiger partial charge is 0.340 e. The highest BCUT2D eigenvalue weighted by atomic mass is 32.2. The summed E-state index contributed by atoms with van der Waals surface area (Å²) in [5, 5.41) is 0. The van der Waals surface area contributed by atoms with E-state index < -0.39 is 25.9 Å². The van der Waals surface area contributed by atoms with Crippen molar-refractivity contribution < 1.29 is 26.0 Å². The molecular weight excluding hydrogens is 459 g/mol. The first-order valence-electron chi connectivity index (χ1n) is 9.89. The summed E-state index contributed by atoms with van der Waals surface area (Å²) in [4.78, 5) is 18.5. The van der Waals surface area contributed by atoms with Crippen molar-refractivity contribution in [1.82, 2.24) is 13.9 Å². The highest BCUT2D eigenvalue weighted by molar-refractivity contribution is 7.90. The standard InChI is InChI=1S/C20H21FN4O5S2/c21-15-6-8-16(9-7-15)32(29,30)25-11-3-10-24(12-13-25)19(26)14-22-20-17-4-1-2-5-18(17)31(27,28)23-20/h1-2,4-9H,3,10-14H2,(H,22,23). The van der Waals surface area contributed by atoms with Gasteiger partial charge in [0.05, 0.1) is 9.79 Å². The van der Waals surface area contributed by atoms with Crippen LogP contribution in [0.5, 0.6) is 0 Å². The summed E-state index contributed by atoms with van der Waals surface area (Å²) in [5.41, 5.74) is 0.410. The Morgan fingerprint density at radius 2 is 1.75 bits per heavy atom. The van der Waals surface area contributed by atoms with E-state index in [4.69, 9.17) is 0 Å². The zero-order chi connectivity index (χ0) is 22.9. The van der Waals surface area contributed by atoms with E-state index >= 15 is 0 Å². The predicted molar refractivity (Wildman–Crippen MR) is 115 cm³/mol. The van der Waals surface area contributed by atoms with Crippen LogP contribution >= 0.6 is 0 Å². The van der Waals surface area contributed by atoms with Crippen LogP contribution in [-0.2, 0) is 24.8 Å². The van der Waals surface area contributed by atoms with Crippen LogP contribution in [0, 0.1) is 5.82 Å². The minimum absolute atomic E-state index is 0.00254. The number of nitrogens with one attached hydrogen (secondary N) is 1. The van der Waals surface area contributed by atoms with E-state index in [2.05, 4.69) is 9.71 Å². The van der Waals surface area contributed by atoms with Crippen molar-refractivity contribution in [2.24, 2.45) is 4.99 Å².